The lowest BCUT2D eigenvalue weighted by atomic mass is 10.1. The van der Waals surface area contributed by atoms with Crippen molar-refractivity contribution >= 4 is 22.2 Å². The lowest BCUT2D eigenvalue weighted by Gasteiger charge is -2.07. The van der Waals surface area contributed by atoms with Crippen LogP contribution in [0.15, 0.2) is 65.5 Å². The number of benzene rings is 2. The second-order valence-electron chi connectivity index (χ2n) is 6.20. The summed E-state index contributed by atoms with van der Waals surface area (Å²) in [5.74, 6) is 0.735. The number of aromatic nitrogens is 2. The maximum atomic E-state index is 11.2. The van der Waals surface area contributed by atoms with Crippen molar-refractivity contribution in [1.29, 1.82) is 0 Å². The van der Waals surface area contributed by atoms with Crippen molar-refractivity contribution in [2.45, 2.75) is 12.8 Å². The van der Waals surface area contributed by atoms with E-state index in [0.29, 0.717) is 17.9 Å². The zero-order chi connectivity index (χ0) is 18.6. The number of fused-ring (bicyclic) bond motifs is 1. The van der Waals surface area contributed by atoms with Gasteiger partial charge in [-0.25, -0.2) is 0 Å². The molecule has 0 unspecified atom stereocenters. The molecular weight excluding hydrogens is 360 g/mol. The molecule has 0 saturated carbocycles. The first-order chi connectivity index (χ1) is 13.2. The smallest absolute Gasteiger partial charge is 0.307 e. The van der Waals surface area contributed by atoms with Crippen molar-refractivity contribution in [3.63, 3.8) is 0 Å². The van der Waals surface area contributed by atoms with Crippen molar-refractivity contribution in [3.05, 3.63) is 86.5 Å². The number of pyridine rings is 1. The summed E-state index contributed by atoms with van der Waals surface area (Å²) in [5.41, 5.74) is 3.00. The van der Waals surface area contributed by atoms with Gasteiger partial charge in [-0.1, -0.05) is 47.7 Å². The van der Waals surface area contributed by atoms with Gasteiger partial charge in [0, 0.05) is 23.9 Å². The van der Waals surface area contributed by atoms with Gasteiger partial charge in [-0.05, 0) is 29.8 Å². The maximum absolute atomic E-state index is 11.2. The molecule has 27 heavy (non-hydrogen) atoms. The van der Waals surface area contributed by atoms with Crippen LogP contribution >= 0.6 is 11.3 Å². The normalized spacial score (nSPS) is 11.0. The summed E-state index contributed by atoms with van der Waals surface area (Å²) in [5, 5.41) is 10.8. The highest BCUT2D eigenvalue weighted by Gasteiger charge is 2.07. The predicted octanol–water partition coefficient (Wildman–Crippen LogP) is 3.90. The Hall–Kier alpha value is -3.12. The molecule has 0 aliphatic carbocycles. The first-order valence-corrected chi connectivity index (χ1v) is 9.46. The van der Waals surface area contributed by atoms with Gasteiger partial charge in [0.15, 0.2) is 0 Å². The van der Waals surface area contributed by atoms with Crippen LogP contribution in [-0.2, 0) is 12.8 Å². The first-order valence-electron chi connectivity index (χ1n) is 8.65. The lowest BCUT2D eigenvalue weighted by Crippen LogP contribution is -2.03. The van der Waals surface area contributed by atoms with E-state index >= 15 is 0 Å². The molecule has 2 aromatic heterocycles. The number of para-hydroxylation sites is 1. The van der Waals surface area contributed by atoms with Gasteiger partial charge in [0.1, 0.15) is 5.75 Å². The van der Waals surface area contributed by atoms with E-state index in [1.54, 1.807) is 0 Å². The van der Waals surface area contributed by atoms with Crippen LogP contribution < -0.4 is 9.61 Å². The molecule has 2 aromatic carbocycles. The molecule has 0 spiro atoms. The fourth-order valence-corrected chi connectivity index (χ4v) is 3.64. The van der Waals surface area contributed by atoms with Crippen LogP contribution in [0, 0.1) is 0 Å². The molecule has 0 fully saturated rings. The summed E-state index contributed by atoms with van der Waals surface area (Å²) in [6.07, 6.45) is 1.24. The number of aromatic amines is 1. The van der Waals surface area contributed by atoms with Crippen LogP contribution in [-0.4, -0.2) is 21.7 Å². The Bertz CT molecular complexity index is 1120. The number of aromatic hydroxyl groups is 1. The number of nitrogens with one attached hydrogen (secondary N) is 1. The fraction of sp³-hybridized carbons (Fsp3) is 0.143. The van der Waals surface area contributed by atoms with Gasteiger partial charge in [-0.2, -0.15) is 0 Å². The highest BCUT2D eigenvalue weighted by Crippen LogP contribution is 2.22. The Morgan fingerprint density at radius 2 is 1.85 bits per heavy atom. The Kier molecular flexibility index (Phi) is 4.89. The summed E-state index contributed by atoms with van der Waals surface area (Å²) in [7, 11) is 0. The summed E-state index contributed by atoms with van der Waals surface area (Å²) < 4.78 is 5.81. The van der Waals surface area contributed by atoms with Gasteiger partial charge in [0.25, 0.3) is 0 Å². The number of hydrogen-bond donors (Lipinski definition) is 2. The van der Waals surface area contributed by atoms with E-state index in [-0.39, 0.29) is 10.8 Å². The maximum Gasteiger partial charge on any atom is 0.307 e. The van der Waals surface area contributed by atoms with E-state index < -0.39 is 0 Å². The minimum Gasteiger partial charge on any atom is -0.494 e. The van der Waals surface area contributed by atoms with E-state index in [0.717, 1.165) is 45.7 Å². The molecule has 0 atom stereocenters. The number of thiazole rings is 1. The van der Waals surface area contributed by atoms with Crippen molar-refractivity contribution in [1.82, 2.24) is 9.97 Å². The van der Waals surface area contributed by atoms with E-state index in [2.05, 4.69) is 22.1 Å². The van der Waals surface area contributed by atoms with Gasteiger partial charge in [0.2, 0.25) is 5.88 Å². The second-order valence-corrected chi connectivity index (χ2v) is 7.27. The highest BCUT2D eigenvalue weighted by atomic mass is 32.1. The molecule has 0 saturated heterocycles. The molecule has 136 valence electrons. The third-order valence-electron chi connectivity index (χ3n) is 4.27. The molecule has 0 aliphatic rings. The van der Waals surface area contributed by atoms with E-state index in [1.165, 1.54) is 0 Å². The topological polar surface area (TPSA) is 75.2 Å². The summed E-state index contributed by atoms with van der Waals surface area (Å²) in [6, 6.07) is 19.8. The van der Waals surface area contributed by atoms with Crippen LogP contribution in [0.1, 0.15) is 16.1 Å². The van der Waals surface area contributed by atoms with E-state index in [1.807, 2.05) is 48.5 Å². The molecule has 2 heterocycles. The molecule has 4 rings (SSSR count). The first kappa shape index (κ1) is 17.3. The molecule has 0 bridgehead atoms. The lowest BCUT2D eigenvalue weighted by molar-refractivity contribution is 0.320. The molecule has 0 radical (unpaired) electrons. The van der Waals surface area contributed by atoms with Crippen LogP contribution in [0.25, 0.3) is 10.9 Å². The minimum atomic E-state index is -0.246. The molecule has 6 heteroatoms. The molecular formula is C21H18N2O3S. The van der Waals surface area contributed by atoms with Gasteiger partial charge >= 0.3 is 4.87 Å². The summed E-state index contributed by atoms with van der Waals surface area (Å²) >= 11 is 1.03. The summed E-state index contributed by atoms with van der Waals surface area (Å²) in [4.78, 5) is 18.7. The van der Waals surface area contributed by atoms with Crippen molar-refractivity contribution < 1.29 is 9.84 Å². The van der Waals surface area contributed by atoms with E-state index in [4.69, 9.17) is 4.74 Å². The standard InChI is InChI=1S/C21H18N2O3S/c24-20-19(27-21(25)23-20)13-14-5-9-17(10-6-14)26-12-11-16-8-7-15-3-1-2-4-18(15)22-16/h1-10,24H,11-13H2,(H,23,25). The molecule has 0 amide bonds. The Balaban J connectivity index is 1.34. The molecule has 2 N–H and O–H groups in total. The number of rotatable bonds is 6. The highest BCUT2D eigenvalue weighted by molar-refractivity contribution is 7.09. The van der Waals surface area contributed by atoms with E-state index in [9.17, 15) is 9.90 Å². The van der Waals surface area contributed by atoms with Crippen LogP contribution in [0.5, 0.6) is 11.6 Å². The zero-order valence-corrected chi connectivity index (χ0v) is 15.3. The van der Waals surface area contributed by atoms with Gasteiger partial charge in [-0.15, -0.1) is 0 Å². The van der Waals surface area contributed by atoms with Crippen molar-refractivity contribution in [3.8, 4) is 11.6 Å². The number of ether oxygens (including phenoxy) is 1. The average Bonchev–Trinajstić information content (AvgIpc) is 3.00. The van der Waals surface area contributed by atoms with Gasteiger partial charge < -0.3 is 9.84 Å². The zero-order valence-electron chi connectivity index (χ0n) is 14.5. The van der Waals surface area contributed by atoms with Crippen LogP contribution in [0.3, 0.4) is 0 Å². The minimum absolute atomic E-state index is 0.0480. The van der Waals surface area contributed by atoms with Crippen molar-refractivity contribution in [2.24, 2.45) is 0 Å². The van der Waals surface area contributed by atoms with Crippen molar-refractivity contribution in [2.75, 3.05) is 6.61 Å². The third-order valence-corrected chi connectivity index (χ3v) is 5.14. The van der Waals surface area contributed by atoms with Crippen LogP contribution in [0.4, 0.5) is 0 Å². The third kappa shape index (κ3) is 4.17. The molecule has 5 nitrogen and oxygen atoms in total. The second kappa shape index (κ2) is 7.63. The molecule has 4 aromatic rings. The quantitative estimate of drug-likeness (QED) is 0.534. The largest absolute Gasteiger partial charge is 0.494 e. The summed E-state index contributed by atoms with van der Waals surface area (Å²) in [6.45, 7) is 0.547. The Labute approximate surface area is 159 Å². The fourth-order valence-electron chi connectivity index (χ4n) is 2.88. The number of H-pyrrole nitrogens is 1. The molecule has 0 aliphatic heterocycles. The van der Waals surface area contributed by atoms with Gasteiger partial charge in [0.05, 0.1) is 17.0 Å². The van der Waals surface area contributed by atoms with Gasteiger partial charge in [-0.3, -0.25) is 14.8 Å². The predicted molar refractivity (Wildman–Crippen MR) is 107 cm³/mol. The monoisotopic (exact) mass is 378 g/mol. The number of nitrogens with zero attached hydrogens (tertiary/aromatic N) is 1. The number of hydrogen-bond acceptors (Lipinski definition) is 5. The van der Waals surface area contributed by atoms with Crippen LogP contribution in [0.2, 0.25) is 0 Å². The SMILES string of the molecule is O=c1[nH]c(O)c(Cc2ccc(OCCc3ccc4ccccc4n3)cc2)s1. The Morgan fingerprint density at radius 3 is 2.63 bits per heavy atom. The average molecular weight is 378 g/mol. The Morgan fingerprint density at radius 1 is 1.04 bits per heavy atom.